The van der Waals surface area contributed by atoms with Gasteiger partial charge >= 0.3 is 5.97 Å². The lowest BCUT2D eigenvalue weighted by Crippen LogP contribution is -2.30. The minimum atomic E-state index is -0.457. The van der Waals surface area contributed by atoms with Gasteiger partial charge in [-0.05, 0) is 25.6 Å². The van der Waals surface area contributed by atoms with E-state index in [1.54, 1.807) is 13.1 Å². The van der Waals surface area contributed by atoms with Gasteiger partial charge in [0.25, 0.3) is 0 Å². The molecule has 1 aromatic rings. The number of Topliss-reactive ketones (excluding diaryl/α,β-unsaturated/α-hetero) is 1. The zero-order valence-electron chi connectivity index (χ0n) is 11.5. The molecule has 5 nitrogen and oxygen atoms in total. The molecule has 0 fully saturated rings. The van der Waals surface area contributed by atoms with Gasteiger partial charge in [0.15, 0.2) is 5.78 Å². The number of aromatic nitrogens is 1. The Hall–Kier alpha value is -1.75. The van der Waals surface area contributed by atoms with Crippen LogP contribution in [0.2, 0.25) is 0 Å². The summed E-state index contributed by atoms with van der Waals surface area (Å²) in [6.07, 6.45) is 1.57. The summed E-state index contributed by atoms with van der Waals surface area (Å²) in [5, 5.41) is 0. The Kier molecular flexibility index (Phi) is 6.74. The molecule has 0 bridgehead atoms. The van der Waals surface area contributed by atoms with Crippen LogP contribution in [0, 0.1) is 0 Å². The average Bonchev–Trinajstić information content (AvgIpc) is 2.39. The molecule has 0 aliphatic rings. The first-order chi connectivity index (χ1) is 9.15. The quantitative estimate of drug-likeness (QED) is 0.525. The number of esters is 1. The molecule has 0 aliphatic heterocycles. The van der Waals surface area contributed by atoms with E-state index in [1.165, 1.54) is 0 Å². The number of likely N-dealkylation sites (N-methyl/N-ethyl adjacent to an activating group) is 1. The average molecular weight is 264 g/mol. The van der Waals surface area contributed by atoms with Crippen molar-refractivity contribution in [2.24, 2.45) is 0 Å². The van der Waals surface area contributed by atoms with Gasteiger partial charge in [-0.2, -0.15) is 0 Å². The number of ether oxygens (including phenoxy) is 1. The number of hydrogen-bond acceptors (Lipinski definition) is 5. The highest BCUT2D eigenvalue weighted by atomic mass is 16.5. The van der Waals surface area contributed by atoms with Crippen LogP contribution in [0.15, 0.2) is 24.4 Å². The molecule has 104 valence electrons. The first kappa shape index (κ1) is 15.3. The smallest absolute Gasteiger partial charge is 0.313 e. The van der Waals surface area contributed by atoms with Gasteiger partial charge < -0.3 is 4.74 Å². The molecular weight excluding hydrogens is 244 g/mol. The van der Waals surface area contributed by atoms with E-state index < -0.39 is 5.97 Å². The first-order valence-electron chi connectivity index (χ1n) is 6.45. The molecule has 1 aromatic heterocycles. The van der Waals surface area contributed by atoms with Crippen molar-refractivity contribution in [3.8, 4) is 0 Å². The molecule has 0 N–H and O–H groups in total. The predicted molar refractivity (Wildman–Crippen MR) is 71.4 cm³/mol. The first-order valence-corrected chi connectivity index (χ1v) is 6.45. The summed E-state index contributed by atoms with van der Waals surface area (Å²) < 4.78 is 4.76. The lowest BCUT2D eigenvalue weighted by molar-refractivity contribution is -0.145. The van der Waals surface area contributed by atoms with E-state index in [9.17, 15) is 9.59 Å². The largest absolute Gasteiger partial charge is 0.466 e. The summed E-state index contributed by atoms with van der Waals surface area (Å²) in [6, 6.07) is 5.68. The summed E-state index contributed by atoms with van der Waals surface area (Å²) in [6.45, 7) is 5.57. The van der Waals surface area contributed by atoms with Gasteiger partial charge in [-0.15, -0.1) is 0 Å². The lowest BCUT2D eigenvalue weighted by Gasteiger charge is -2.18. The summed E-state index contributed by atoms with van der Waals surface area (Å²) in [4.78, 5) is 29.1. The summed E-state index contributed by atoms with van der Waals surface area (Å²) in [5.74, 6) is -0.586. The van der Waals surface area contributed by atoms with E-state index in [1.807, 2.05) is 30.0 Å². The maximum Gasteiger partial charge on any atom is 0.313 e. The van der Waals surface area contributed by atoms with Crippen molar-refractivity contribution >= 4 is 11.8 Å². The van der Waals surface area contributed by atoms with Crippen LogP contribution >= 0.6 is 0 Å². The molecule has 0 aliphatic carbocycles. The summed E-state index contributed by atoms with van der Waals surface area (Å²) in [7, 11) is 0. The zero-order chi connectivity index (χ0) is 14.1. The molecule has 0 spiro atoms. The predicted octanol–water partition coefficient (Wildman–Crippen LogP) is 1.43. The number of carbonyl (C=O) groups is 2. The Bertz CT molecular complexity index is 406. The standard InChI is InChI=1S/C14H20N2O3/c1-3-16(10-12-7-5-6-8-15-12)11-13(17)9-14(18)19-4-2/h5-8H,3-4,9-11H2,1-2H3. The number of hydrogen-bond donors (Lipinski definition) is 0. The van der Waals surface area contributed by atoms with Gasteiger partial charge in [0.2, 0.25) is 0 Å². The number of carbonyl (C=O) groups excluding carboxylic acids is 2. The number of nitrogens with zero attached hydrogens (tertiary/aromatic N) is 2. The summed E-state index contributed by atoms with van der Waals surface area (Å²) in [5.41, 5.74) is 0.910. The van der Waals surface area contributed by atoms with Crippen LogP contribution in [-0.2, 0) is 20.9 Å². The Balaban J connectivity index is 2.44. The maximum absolute atomic E-state index is 11.7. The van der Waals surface area contributed by atoms with Crippen LogP contribution in [0.1, 0.15) is 26.0 Å². The van der Waals surface area contributed by atoms with Gasteiger partial charge in [-0.25, -0.2) is 0 Å². The van der Waals surface area contributed by atoms with E-state index in [0.29, 0.717) is 13.2 Å². The Labute approximate surface area is 113 Å². The van der Waals surface area contributed by atoms with Crippen molar-refractivity contribution < 1.29 is 14.3 Å². The van der Waals surface area contributed by atoms with E-state index in [2.05, 4.69) is 4.98 Å². The molecule has 1 heterocycles. The maximum atomic E-state index is 11.7. The van der Waals surface area contributed by atoms with Crippen molar-refractivity contribution in [3.05, 3.63) is 30.1 Å². The van der Waals surface area contributed by atoms with Gasteiger partial charge in [0.05, 0.1) is 18.8 Å². The van der Waals surface area contributed by atoms with Crippen LogP contribution < -0.4 is 0 Å². The van der Waals surface area contributed by atoms with Crippen LogP contribution in [0.5, 0.6) is 0 Å². The fourth-order valence-corrected chi connectivity index (χ4v) is 1.68. The van der Waals surface area contributed by atoms with Crippen LogP contribution in [0.3, 0.4) is 0 Å². The highest BCUT2D eigenvalue weighted by Gasteiger charge is 2.14. The highest BCUT2D eigenvalue weighted by molar-refractivity contribution is 5.96. The monoisotopic (exact) mass is 264 g/mol. The molecule has 0 saturated heterocycles. The van der Waals surface area contributed by atoms with E-state index in [0.717, 1.165) is 12.2 Å². The zero-order valence-corrected chi connectivity index (χ0v) is 11.5. The third-order valence-corrected chi connectivity index (χ3v) is 2.61. The second-order valence-electron chi connectivity index (χ2n) is 4.14. The lowest BCUT2D eigenvalue weighted by atomic mass is 10.2. The Morgan fingerprint density at radius 3 is 2.68 bits per heavy atom. The molecule has 0 saturated carbocycles. The molecule has 0 radical (unpaired) electrons. The highest BCUT2D eigenvalue weighted by Crippen LogP contribution is 2.02. The van der Waals surface area contributed by atoms with E-state index in [4.69, 9.17) is 4.74 Å². The SMILES string of the molecule is CCOC(=O)CC(=O)CN(CC)Cc1ccccn1. The fraction of sp³-hybridized carbons (Fsp3) is 0.500. The molecule has 5 heteroatoms. The van der Waals surface area contributed by atoms with Gasteiger partial charge in [-0.1, -0.05) is 13.0 Å². The third-order valence-electron chi connectivity index (χ3n) is 2.61. The molecule has 0 amide bonds. The van der Waals surface area contributed by atoms with Crippen molar-refractivity contribution in [2.45, 2.75) is 26.8 Å². The van der Waals surface area contributed by atoms with Crippen molar-refractivity contribution in [2.75, 3.05) is 19.7 Å². The Morgan fingerprint density at radius 2 is 2.11 bits per heavy atom. The minimum Gasteiger partial charge on any atom is -0.466 e. The van der Waals surface area contributed by atoms with Crippen LogP contribution in [-0.4, -0.2) is 41.3 Å². The molecule has 19 heavy (non-hydrogen) atoms. The minimum absolute atomic E-state index is 0.128. The molecule has 0 unspecified atom stereocenters. The van der Waals surface area contributed by atoms with Crippen molar-refractivity contribution in [1.82, 2.24) is 9.88 Å². The second kappa shape index (κ2) is 8.37. The topological polar surface area (TPSA) is 59.5 Å². The number of rotatable bonds is 8. The van der Waals surface area contributed by atoms with E-state index in [-0.39, 0.29) is 18.7 Å². The van der Waals surface area contributed by atoms with Crippen LogP contribution in [0.25, 0.3) is 0 Å². The normalized spacial score (nSPS) is 10.5. The molecular formula is C14H20N2O3. The van der Waals surface area contributed by atoms with Gasteiger partial charge in [0.1, 0.15) is 6.42 Å². The molecule has 0 atom stereocenters. The Morgan fingerprint density at radius 1 is 1.32 bits per heavy atom. The van der Waals surface area contributed by atoms with Gasteiger partial charge in [-0.3, -0.25) is 19.5 Å². The van der Waals surface area contributed by atoms with E-state index >= 15 is 0 Å². The van der Waals surface area contributed by atoms with Crippen molar-refractivity contribution in [1.29, 1.82) is 0 Å². The summed E-state index contributed by atoms with van der Waals surface area (Å²) >= 11 is 0. The van der Waals surface area contributed by atoms with Crippen LogP contribution in [0.4, 0.5) is 0 Å². The molecule has 0 aromatic carbocycles. The number of ketones is 1. The molecule has 1 rings (SSSR count). The third kappa shape index (κ3) is 6.10. The second-order valence-corrected chi connectivity index (χ2v) is 4.14. The van der Waals surface area contributed by atoms with Gasteiger partial charge in [0, 0.05) is 12.7 Å². The van der Waals surface area contributed by atoms with Crippen molar-refractivity contribution in [3.63, 3.8) is 0 Å². The number of pyridine rings is 1. The fourth-order valence-electron chi connectivity index (χ4n) is 1.68.